The van der Waals surface area contributed by atoms with Crippen LogP contribution in [0.15, 0.2) is 36.7 Å². The van der Waals surface area contributed by atoms with Gasteiger partial charge in [0.2, 0.25) is 4.77 Å². The maximum absolute atomic E-state index is 12.3. The maximum Gasteiger partial charge on any atom is 0.342 e. The van der Waals surface area contributed by atoms with Gasteiger partial charge in [-0.25, -0.2) is 14.5 Å². The molecule has 0 saturated heterocycles. The van der Waals surface area contributed by atoms with Crippen molar-refractivity contribution in [2.24, 2.45) is 0 Å². The van der Waals surface area contributed by atoms with Crippen LogP contribution >= 0.6 is 12.2 Å². The van der Waals surface area contributed by atoms with E-state index in [4.69, 9.17) is 17.0 Å². The number of fused-ring (bicyclic) bond motifs is 1. The lowest BCUT2D eigenvalue weighted by molar-refractivity contribution is 0.0528. The first-order valence-corrected chi connectivity index (χ1v) is 7.06. The monoisotopic (exact) mass is 315 g/mol. The van der Waals surface area contributed by atoms with Gasteiger partial charge in [0.05, 0.1) is 12.3 Å². The number of aromatic nitrogens is 4. The molecule has 112 valence electrons. The number of aromatic amines is 1. The summed E-state index contributed by atoms with van der Waals surface area (Å²) in [6, 6.07) is 9.24. The summed E-state index contributed by atoms with van der Waals surface area (Å²) < 4.78 is 6.98. The van der Waals surface area contributed by atoms with E-state index in [9.17, 15) is 4.79 Å². The first-order chi connectivity index (χ1) is 10.7. The van der Waals surface area contributed by atoms with Crippen LogP contribution in [0.4, 0.5) is 5.82 Å². The van der Waals surface area contributed by atoms with E-state index >= 15 is 0 Å². The molecule has 1 aromatic rings. The average Bonchev–Trinajstić information content (AvgIpc) is 2.96. The Morgan fingerprint density at radius 3 is 2.95 bits per heavy atom. The number of carbonyl (C=O) groups excluding carboxylic acids is 1. The zero-order valence-electron chi connectivity index (χ0n) is 11.7. The highest BCUT2D eigenvalue weighted by Gasteiger charge is 2.24. The molecule has 8 heteroatoms. The molecule has 1 aliphatic heterocycles. The normalized spacial score (nSPS) is 10.6. The van der Waals surface area contributed by atoms with Gasteiger partial charge in [0.15, 0.2) is 5.82 Å². The third-order valence-corrected chi connectivity index (χ3v) is 3.30. The highest BCUT2D eigenvalue weighted by atomic mass is 32.1. The highest BCUT2D eigenvalue weighted by Crippen LogP contribution is 2.31. The van der Waals surface area contributed by atoms with Crippen LogP contribution in [-0.2, 0) is 4.74 Å². The molecule has 0 bridgehead atoms. The number of nitrogens with zero attached hydrogens (tertiary/aromatic N) is 3. The van der Waals surface area contributed by atoms with E-state index in [-0.39, 0.29) is 6.61 Å². The summed E-state index contributed by atoms with van der Waals surface area (Å²) in [7, 11) is 0. The predicted octanol–water partition coefficient (Wildman–Crippen LogP) is 2.49. The molecule has 0 unspecified atom stereocenters. The van der Waals surface area contributed by atoms with Crippen LogP contribution in [0.25, 0.3) is 11.3 Å². The van der Waals surface area contributed by atoms with Gasteiger partial charge in [0, 0.05) is 5.56 Å². The smallest absolute Gasteiger partial charge is 0.342 e. The number of esters is 1. The molecular weight excluding hydrogens is 302 g/mol. The fourth-order valence-electron chi connectivity index (χ4n) is 2.08. The predicted molar refractivity (Wildman–Crippen MR) is 83.2 cm³/mol. The number of carbonyl (C=O) groups is 1. The van der Waals surface area contributed by atoms with Gasteiger partial charge in [0.25, 0.3) is 0 Å². The van der Waals surface area contributed by atoms with E-state index in [2.05, 4.69) is 20.6 Å². The molecule has 2 aliphatic rings. The summed E-state index contributed by atoms with van der Waals surface area (Å²) in [5, 5.41) is 6.44. The van der Waals surface area contributed by atoms with Gasteiger partial charge in [-0.15, -0.1) is 0 Å². The van der Waals surface area contributed by atoms with Gasteiger partial charge < -0.3 is 4.74 Å². The molecule has 0 saturated carbocycles. The van der Waals surface area contributed by atoms with Gasteiger partial charge in [-0.3, -0.25) is 10.5 Å². The van der Waals surface area contributed by atoms with E-state index in [1.54, 1.807) is 6.92 Å². The minimum absolute atomic E-state index is 0.287. The largest absolute Gasteiger partial charge is 0.462 e. The number of hydrogen-bond donors (Lipinski definition) is 2. The van der Waals surface area contributed by atoms with Gasteiger partial charge in [0.1, 0.15) is 11.9 Å². The van der Waals surface area contributed by atoms with Crippen LogP contribution in [-0.4, -0.2) is 32.4 Å². The van der Waals surface area contributed by atoms with Crippen molar-refractivity contribution in [1.82, 2.24) is 19.9 Å². The fourth-order valence-corrected chi connectivity index (χ4v) is 2.23. The van der Waals surface area contributed by atoms with Crippen LogP contribution in [0.1, 0.15) is 17.3 Å². The molecule has 0 radical (unpaired) electrons. The van der Waals surface area contributed by atoms with Crippen molar-refractivity contribution in [1.29, 1.82) is 0 Å². The van der Waals surface area contributed by atoms with Gasteiger partial charge in [-0.2, -0.15) is 5.10 Å². The number of H-pyrrole nitrogens is 1. The lowest BCUT2D eigenvalue weighted by Gasteiger charge is -2.06. The second-order valence-corrected chi connectivity index (χ2v) is 4.80. The van der Waals surface area contributed by atoms with Gasteiger partial charge in [-0.1, -0.05) is 24.3 Å². The van der Waals surface area contributed by atoms with Crippen molar-refractivity contribution in [3.63, 3.8) is 0 Å². The molecule has 1 aromatic heterocycles. The van der Waals surface area contributed by atoms with Crippen molar-refractivity contribution in [3.05, 3.63) is 47.0 Å². The number of ether oxygens (including phenoxy) is 1. The van der Waals surface area contributed by atoms with Crippen molar-refractivity contribution < 1.29 is 9.53 Å². The lowest BCUT2D eigenvalue weighted by Crippen LogP contribution is -2.13. The molecule has 2 heterocycles. The molecule has 7 nitrogen and oxygen atoms in total. The summed E-state index contributed by atoms with van der Waals surface area (Å²) in [4.78, 5) is 16.7. The Hall–Kier alpha value is -2.74. The summed E-state index contributed by atoms with van der Waals surface area (Å²) in [5.41, 5.74) is 4.73. The lowest BCUT2D eigenvalue weighted by atomic mass is 10.1. The molecule has 2 N–H and O–H groups in total. The summed E-state index contributed by atoms with van der Waals surface area (Å²) in [5.74, 6) is -0.0640. The van der Waals surface area contributed by atoms with E-state index in [0.717, 1.165) is 0 Å². The van der Waals surface area contributed by atoms with Gasteiger partial charge in [-0.05, 0) is 25.2 Å². The quantitative estimate of drug-likeness (QED) is 0.568. The fraction of sp³-hybridized carbons (Fsp3) is 0.143. The Labute approximate surface area is 131 Å². The Morgan fingerprint density at radius 1 is 1.41 bits per heavy atom. The number of nitrogens with one attached hydrogen (secondary N) is 2. The van der Waals surface area contributed by atoms with Crippen molar-refractivity contribution in [2.45, 2.75) is 6.92 Å². The molecule has 22 heavy (non-hydrogen) atoms. The zero-order chi connectivity index (χ0) is 15.5. The molecule has 3 rings (SSSR count). The van der Waals surface area contributed by atoms with Crippen LogP contribution < -0.4 is 5.43 Å². The second kappa shape index (κ2) is 5.94. The Kier molecular flexibility index (Phi) is 3.84. The first kappa shape index (κ1) is 14.2. The van der Waals surface area contributed by atoms with E-state index < -0.39 is 5.97 Å². The number of hydrogen-bond acceptors (Lipinski definition) is 6. The summed E-state index contributed by atoms with van der Waals surface area (Å²) >= 11 is 5.08. The minimum Gasteiger partial charge on any atom is -0.462 e. The van der Waals surface area contributed by atoms with Crippen LogP contribution in [0.5, 0.6) is 0 Å². The number of rotatable bonds is 4. The van der Waals surface area contributed by atoms with E-state index in [1.165, 1.54) is 11.0 Å². The van der Waals surface area contributed by atoms with Crippen LogP contribution in [0.2, 0.25) is 0 Å². The van der Waals surface area contributed by atoms with Crippen LogP contribution in [0.3, 0.4) is 0 Å². The van der Waals surface area contributed by atoms with Gasteiger partial charge >= 0.3 is 5.97 Å². The Balaban J connectivity index is 2.13. The zero-order valence-corrected chi connectivity index (χ0v) is 12.6. The summed E-state index contributed by atoms with van der Waals surface area (Å²) in [6.07, 6.45) is 1.47. The molecule has 0 fully saturated rings. The average molecular weight is 315 g/mol. The third-order valence-electron chi connectivity index (χ3n) is 3.01. The Bertz CT molecular complexity index is 841. The molecule has 0 amide bonds. The number of anilines is 1. The standard InChI is InChI=1S/C14H13N5O2S/c1-2-21-13(20)11-9-6-4-3-5-7-10(9)16-12(11)18-19-8-15-17-14(19)22/h3-8H,2H2,1H3,(H,16,18)(H,17,22). The van der Waals surface area contributed by atoms with E-state index in [1.807, 2.05) is 30.3 Å². The Morgan fingerprint density at radius 2 is 2.23 bits per heavy atom. The second-order valence-electron chi connectivity index (χ2n) is 4.41. The van der Waals surface area contributed by atoms with Crippen LogP contribution in [0, 0.1) is 4.77 Å². The molecule has 0 atom stereocenters. The third kappa shape index (κ3) is 2.56. The molecule has 1 aliphatic carbocycles. The molecule has 0 aromatic carbocycles. The topological polar surface area (TPSA) is 84.8 Å². The molecular formula is C14H13N5O2S. The van der Waals surface area contributed by atoms with Crippen molar-refractivity contribution in [3.8, 4) is 11.3 Å². The first-order valence-electron chi connectivity index (χ1n) is 6.65. The van der Waals surface area contributed by atoms with Crippen molar-refractivity contribution in [2.75, 3.05) is 12.0 Å². The maximum atomic E-state index is 12.3. The summed E-state index contributed by atoms with van der Waals surface area (Å²) in [6.45, 7) is 2.05. The van der Waals surface area contributed by atoms with Crippen molar-refractivity contribution >= 4 is 24.0 Å². The van der Waals surface area contributed by atoms with E-state index in [0.29, 0.717) is 27.4 Å². The highest BCUT2D eigenvalue weighted by molar-refractivity contribution is 7.71. The SMILES string of the molecule is CCOC(=O)c1c2cccccc-2nc1Nn1cn[nH]c1=S. The molecule has 0 spiro atoms. The minimum atomic E-state index is -0.436.